The predicted octanol–water partition coefficient (Wildman–Crippen LogP) is 0.425. The van der Waals surface area contributed by atoms with E-state index in [-0.39, 0.29) is 12.6 Å². The highest BCUT2D eigenvalue weighted by molar-refractivity contribution is 5.73. The van der Waals surface area contributed by atoms with Gasteiger partial charge in [-0.1, -0.05) is 30.3 Å². The van der Waals surface area contributed by atoms with Crippen molar-refractivity contribution in [2.45, 2.75) is 31.5 Å². The largest absolute Gasteiger partial charge is 0.480 e. The van der Waals surface area contributed by atoms with Crippen LogP contribution in [0.25, 0.3) is 11.1 Å². The molecule has 0 saturated carbocycles. The maximum absolute atomic E-state index is 12.1. The van der Waals surface area contributed by atoms with E-state index in [1.54, 1.807) is 24.3 Å². The number of carbonyl (C=O) groups is 1. The zero-order chi connectivity index (χ0) is 18.5. The number of hydrogen-bond acceptors (Lipinski definition) is 5. The summed E-state index contributed by atoms with van der Waals surface area (Å²) in [5.74, 6) is -1.05. The fourth-order valence-electron chi connectivity index (χ4n) is 3.02. The molecule has 0 amide bonds. The van der Waals surface area contributed by atoms with Crippen molar-refractivity contribution in [3.63, 3.8) is 0 Å². The van der Waals surface area contributed by atoms with Crippen molar-refractivity contribution >= 4 is 5.97 Å². The van der Waals surface area contributed by atoms with Gasteiger partial charge in [-0.25, -0.2) is 4.79 Å². The molecule has 0 spiro atoms. The van der Waals surface area contributed by atoms with Gasteiger partial charge in [-0.05, 0) is 18.4 Å². The van der Waals surface area contributed by atoms with Crippen LogP contribution in [0.3, 0.4) is 0 Å². The Balaban J connectivity index is 1.86. The fraction of sp³-hybridized carbons (Fsp3) is 0.389. The van der Waals surface area contributed by atoms with E-state index in [2.05, 4.69) is 10.3 Å². The van der Waals surface area contributed by atoms with E-state index in [1.165, 1.54) is 10.8 Å². The van der Waals surface area contributed by atoms with Crippen molar-refractivity contribution in [1.82, 2.24) is 14.9 Å². The van der Waals surface area contributed by atoms with Gasteiger partial charge >= 0.3 is 11.7 Å². The molecule has 2 aromatic rings. The van der Waals surface area contributed by atoms with Crippen LogP contribution in [0, 0.1) is 0 Å². The Hall–Kier alpha value is -2.71. The van der Waals surface area contributed by atoms with Crippen molar-refractivity contribution < 1.29 is 14.6 Å². The van der Waals surface area contributed by atoms with Crippen LogP contribution >= 0.6 is 0 Å². The average molecular weight is 359 g/mol. The van der Waals surface area contributed by atoms with Gasteiger partial charge in [0.25, 0.3) is 5.56 Å². The van der Waals surface area contributed by atoms with Crippen LogP contribution in [0.2, 0.25) is 0 Å². The summed E-state index contributed by atoms with van der Waals surface area (Å²) in [6, 6.07) is 8.00. The van der Waals surface area contributed by atoms with Crippen molar-refractivity contribution in [2.24, 2.45) is 0 Å². The molecule has 1 saturated heterocycles. The zero-order valence-electron chi connectivity index (χ0n) is 14.2. The Morgan fingerprint density at radius 2 is 1.96 bits per heavy atom. The summed E-state index contributed by atoms with van der Waals surface area (Å²) >= 11 is 0. The van der Waals surface area contributed by atoms with Gasteiger partial charge in [0.2, 0.25) is 0 Å². The highest BCUT2D eigenvalue weighted by Crippen LogP contribution is 2.13. The molecule has 1 atom stereocenters. The number of benzene rings is 1. The summed E-state index contributed by atoms with van der Waals surface area (Å²) in [6.45, 7) is 1.09. The number of carboxylic acid groups (broad SMARTS) is 1. The molecule has 0 bridgehead atoms. The first-order valence-electron chi connectivity index (χ1n) is 8.50. The summed E-state index contributed by atoms with van der Waals surface area (Å²) in [7, 11) is 0. The van der Waals surface area contributed by atoms with Crippen molar-refractivity contribution in [3.05, 3.63) is 57.4 Å². The summed E-state index contributed by atoms with van der Waals surface area (Å²) in [5, 5.41) is 12.6. The lowest BCUT2D eigenvalue weighted by Crippen LogP contribution is -2.49. The Morgan fingerprint density at radius 1 is 1.27 bits per heavy atom. The number of H-pyrrole nitrogens is 1. The maximum atomic E-state index is 12.1. The van der Waals surface area contributed by atoms with E-state index in [0.717, 1.165) is 12.8 Å². The lowest BCUT2D eigenvalue weighted by molar-refractivity contribution is -0.140. The first kappa shape index (κ1) is 18.1. The van der Waals surface area contributed by atoms with Crippen LogP contribution in [0.5, 0.6) is 0 Å². The Labute approximate surface area is 149 Å². The monoisotopic (exact) mass is 359 g/mol. The van der Waals surface area contributed by atoms with E-state index < -0.39 is 23.3 Å². The predicted molar refractivity (Wildman–Crippen MR) is 95.2 cm³/mol. The number of hydrogen-bond donors (Lipinski definition) is 3. The van der Waals surface area contributed by atoms with Crippen LogP contribution in [-0.2, 0) is 16.1 Å². The molecule has 1 fully saturated rings. The molecule has 3 N–H and O–H groups in total. The topological polar surface area (TPSA) is 113 Å². The number of nitrogens with one attached hydrogen (secondary N) is 2. The summed E-state index contributed by atoms with van der Waals surface area (Å²) in [6.07, 6.45) is 2.86. The second-order valence-corrected chi connectivity index (χ2v) is 6.26. The molecule has 0 aliphatic carbocycles. The van der Waals surface area contributed by atoms with Gasteiger partial charge in [-0.2, -0.15) is 0 Å². The van der Waals surface area contributed by atoms with Crippen molar-refractivity contribution in [2.75, 3.05) is 13.2 Å². The second-order valence-electron chi connectivity index (χ2n) is 6.26. The molecule has 26 heavy (non-hydrogen) atoms. The quantitative estimate of drug-likeness (QED) is 0.689. The molecule has 1 aromatic heterocycles. The molecule has 1 aliphatic rings. The second kappa shape index (κ2) is 8.11. The number of ether oxygens (including phenoxy) is 1. The minimum Gasteiger partial charge on any atom is -0.480 e. The van der Waals surface area contributed by atoms with Crippen LogP contribution < -0.4 is 16.6 Å². The smallest absolute Gasteiger partial charge is 0.328 e. The number of aliphatic carboxylic acids is 1. The molecule has 1 aliphatic heterocycles. The zero-order valence-corrected chi connectivity index (χ0v) is 14.2. The lowest BCUT2D eigenvalue weighted by Gasteiger charge is -2.27. The van der Waals surface area contributed by atoms with Gasteiger partial charge in [0.05, 0.1) is 12.1 Å². The minimum absolute atomic E-state index is 0.0249. The number of aromatic nitrogens is 2. The Kier molecular flexibility index (Phi) is 5.65. The van der Waals surface area contributed by atoms with E-state index in [4.69, 9.17) is 4.74 Å². The maximum Gasteiger partial charge on any atom is 0.328 e. The molecule has 0 radical (unpaired) electrons. The number of aromatic amines is 1. The first-order valence-corrected chi connectivity index (χ1v) is 8.50. The summed E-state index contributed by atoms with van der Waals surface area (Å²) in [5.41, 5.74) is -0.149. The van der Waals surface area contributed by atoms with E-state index in [0.29, 0.717) is 24.3 Å². The molecule has 8 heteroatoms. The Morgan fingerprint density at radius 3 is 2.62 bits per heavy atom. The van der Waals surface area contributed by atoms with E-state index >= 15 is 0 Å². The summed E-state index contributed by atoms with van der Waals surface area (Å²) in [4.78, 5) is 38.1. The van der Waals surface area contributed by atoms with Crippen molar-refractivity contribution in [3.8, 4) is 11.1 Å². The normalized spacial score (nSPS) is 16.3. The third kappa shape index (κ3) is 4.27. The van der Waals surface area contributed by atoms with Crippen LogP contribution in [0.1, 0.15) is 12.8 Å². The summed E-state index contributed by atoms with van der Waals surface area (Å²) < 4.78 is 6.51. The van der Waals surface area contributed by atoms with E-state index in [1.807, 2.05) is 6.07 Å². The van der Waals surface area contributed by atoms with Crippen LogP contribution in [-0.4, -0.2) is 45.9 Å². The Bertz CT molecular complexity index is 868. The third-order valence-corrected chi connectivity index (χ3v) is 4.43. The SMILES string of the molecule is O=C(O)[C@H](Cn1cc(-c2ccccc2)c(=O)[nH]c1=O)NC1CCOCC1. The highest BCUT2D eigenvalue weighted by Gasteiger charge is 2.24. The molecular formula is C18H21N3O5. The molecule has 8 nitrogen and oxygen atoms in total. The average Bonchev–Trinajstić information content (AvgIpc) is 2.64. The van der Waals surface area contributed by atoms with Crippen LogP contribution in [0.4, 0.5) is 0 Å². The number of nitrogens with zero attached hydrogens (tertiary/aromatic N) is 1. The number of rotatable bonds is 6. The van der Waals surface area contributed by atoms with Gasteiger partial charge in [-0.3, -0.25) is 24.5 Å². The van der Waals surface area contributed by atoms with Gasteiger partial charge in [0, 0.05) is 25.5 Å². The van der Waals surface area contributed by atoms with Crippen LogP contribution in [0.15, 0.2) is 46.1 Å². The molecule has 0 unspecified atom stereocenters. The molecule has 138 valence electrons. The highest BCUT2D eigenvalue weighted by atomic mass is 16.5. The molecule has 2 heterocycles. The number of carboxylic acids is 1. The van der Waals surface area contributed by atoms with E-state index in [9.17, 15) is 19.5 Å². The van der Waals surface area contributed by atoms with Crippen molar-refractivity contribution in [1.29, 1.82) is 0 Å². The third-order valence-electron chi connectivity index (χ3n) is 4.43. The lowest BCUT2D eigenvalue weighted by atomic mass is 10.1. The van der Waals surface area contributed by atoms with Gasteiger partial charge < -0.3 is 9.84 Å². The molecular weight excluding hydrogens is 338 g/mol. The van der Waals surface area contributed by atoms with Gasteiger partial charge in [0.15, 0.2) is 0 Å². The first-order chi connectivity index (χ1) is 12.5. The standard InChI is InChI=1S/C18H21N3O5/c22-16-14(12-4-2-1-3-5-12)10-21(18(25)20-16)11-15(17(23)24)19-13-6-8-26-9-7-13/h1-5,10,13,15,19H,6-9,11H2,(H,23,24)(H,20,22,25)/t15-/m0/s1. The fourth-order valence-corrected chi connectivity index (χ4v) is 3.02. The molecule has 3 rings (SSSR count). The van der Waals surface area contributed by atoms with Gasteiger partial charge in [-0.15, -0.1) is 0 Å². The van der Waals surface area contributed by atoms with Gasteiger partial charge in [0.1, 0.15) is 6.04 Å². The molecule has 1 aromatic carbocycles. The minimum atomic E-state index is -1.05.